The van der Waals surface area contributed by atoms with Crippen LogP contribution in [0.2, 0.25) is 0 Å². The Bertz CT molecular complexity index is 1130. The first-order chi connectivity index (χ1) is 16.4. The highest BCUT2D eigenvalue weighted by Crippen LogP contribution is 2.35. The summed E-state index contributed by atoms with van der Waals surface area (Å²) in [6.45, 7) is 2.17. The minimum atomic E-state index is -1.02. The van der Waals surface area contributed by atoms with Gasteiger partial charge in [0.15, 0.2) is 0 Å². The van der Waals surface area contributed by atoms with Crippen molar-refractivity contribution in [1.82, 2.24) is 9.78 Å². The van der Waals surface area contributed by atoms with Gasteiger partial charge in [-0.15, -0.1) is 0 Å². The van der Waals surface area contributed by atoms with Crippen molar-refractivity contribution in [2.75, 3.05) is 14.2 Å². The Balaban J connectivity index is 1.67. The molecule has 0 radical (unpaired) electrons. The number of aromatic nitrogens is 2. The van der Waals surface area contributed by atoms with Gasteiger partial charge in [-0.2, -0.15) is 5.10 Å². The minimum Gasteiger partial charge on any atom is -0.496 e. The van der Waals surface area contributed by atoms with E-state index in [1.54, 1.807) is 31.2 Å². The van der Waals surface area contributed by atoms with E-state index >= 15 is 0 Å². The van der Waals surface area contributed by atoms with Gasteiger partial charge in [0, 0.05) is 17.1 Å². The van der Waals surface area contributed by atoms with E-state index in [4.69, 9.17) is 14.2 Å². The summed E-state index contributed by atoms with van der Waals surface area (Å²) < 4.78 is 19.1. The second-order valence-electron chi connectivity index (χ2n) is 8.83. The first-order valence-corrected chi connectivity index (χ1v) is 11.7. The fourth-order valence-corrected chi connectivity index (χ4v) is 4.70. The normalized spacial score (nSPS) is 16.4. The Morgan fingerprint density at radius 2 is 1.82 bits per heavy atom. The van der Waals surface area contributed by atoms with Crippen LogP contribution >= 0.6 is 0 Å². The molecule has 1 aromatic heterocycles. The summed E-state index contributed by atoms with van der Waals surface area (Å²) in [6, 6.07) is 8.68. The molecule has 0 bridgehead atoms. The van der Waals surface area contributed by atoms with Crippen LogP contribution in [0.15, 0.2) is 36.5 Å². The number of rotatable bonds is 9. The molecule has 2 N–H and O–H groups in total. The van der Waals surface area contributed by atoms with Crippen molar-refractivity contribution in [1.29, 1.82) is 0 Å². The lowest BCUT2D eigenvalue weighted by Gasteiger charge is -2.31. The standard InChI is InChI=1S/C26H32N2O6/c1-16-21(32-2)12-18(13-22(16)33-3)25(29)23(34-19-9-5-4-6-10-19)15-28-14-17-8-7-11-20(26(30)31)24(17)27-28/h7-8,11-14,19,23,25,29H,4-6,9-10,15H2,1-3H3,(H,30,31)/t23-,25+/m0/s1. The molecular weight excluding hydrogens is 436 g/mol. The highest BCUT2D eigenvalue weighted by atomic mass is 16.5. The third-order valence-electron chi connectivity index (χ3n) is 6.57. The maximum absolute atomic E-state index is 11.6. The molecule has 2 atom stereocenters. The van der Waals surface area contributed by atoms with E-state index in [-0.39, 0.29) is 18.2 Å². The summed E-state index contributed by atoms with van der Waals surface area (Å²) in [6.07, 6.45) is 5.61. The van der Waals surface area contributed by atoms with Crippen LogP contribution in [0.1, 0.15) is 59.7 Å². The number of aliphatic hydroxyl groups is 1. The summed E-state index contributed by atoms with van der Waals surface area (Å²) in [5.74, 6) is 0.228. The summed E-state index contributed by atoms with van der Waals surface area (Å²) in [7, 11) is 3.17. The van der Waals surface area contributed by atoms with Gasteiger partial charge in [-0.25, -0.2) is 4.79 Å². The zero-order valence-electron chi connectivity index (χ0n) is 19.9. The average molecular weight is 469 g/mol. The van der Waals surface area contributed by atoms with Gasteiger partial charge in [0.05, 0.1) is 32.4 Å². The Labute approximate surface area is 199 Å². The van der Waals surface area contributed by atoms with Crippen LogP contribution < -0.4 is 9.47 Å². The molecule has 1 aliphatic carbocycles. The van der Waals surface area contributed by atoms with Crippen LogP contribution in [0.25, 0.3) is 10.9 Å². The molecule has 8 heteroatoms. The summed E-state index contributed by atoms with van der Waals surface area (Å²) in [5.41, 5.74) is 2.04. The fraction of sp³-hybridized carbons (Fsp3) is 0.462. The van der Waals surface area contributed by atoms with Crippen molar-refractivity contribution >= 4 is 16.9 Å². The van der Waals surface area contributed by atoms with Gasteiger partial charge in [-0.05, 0) is 43.5 Å². The molecule has 1 fully saturated rings. The summed E-state index contributed by atoms with van der Waals surface area (Å²) in [4.78, 5) is 11.6. The second-order valence-corrected chi connectivity index (χ2v) is 8.83. The predicted octanol–water partition coefficient (Wildman–Crippen LogP) is 4.51. The van der Waals surface area contributed by atoms with Gasteiger partial charge >= 0.3 is 5.97 Å². The van der Waals surface area contributed by atoms with E-state index in [1.807, 2.05) is 25.1 Å². The number of nitrogens with zero attached hydrogens (tertiary/aromatic N) is 2. The van der Waals surface area contributed by atoms with Crippen molar-refractivity contribution in [2.45, 2.75) is 63.9 Å². The maximum Gasteiger partial charge on any atom is 0.337 e. The number of carboxylic acid groups (broad SMARTS) is 1. The summed E-state index contributed by atoms with van der Waals surface area (Å²) >= 11 is 0. The van der Waals surface area contributed by atoms with Crippen molar-refractivity contribution in [3.05, 3.63) is 53.2 Å². The van der Waals surface area contributed by atoms with Gasteiger partial charge in [0.2, 0.25) is 0 Å². The molecule has 4 rings (SSSR count). The molecule has 1 heterocycles. The smallest absolute Gasteiger partial charge is 0.337 e. The molecule has 1 saturated carbocycles. The van der Waals surface area contributed by atoms with Gasteiger partial charge in [-0.3, -0.25) is 4.68 Å². The number of methoxy groups -OCH3 is 2. The first kappa shape index (κ1) is 24.0. The SMILES string of the molecule is COc1cc([C@@H](O)[C@H](Cn2cc3cccc(C(=O)O)c3n2)OC2CCCCC2)cc(OC)c1C. The molecule has 0 saturated heterocycles. The monoisotopic (exact) mass is 468 g/mol. The van der Waals surface area contributed by atoms with Crippen LogP contribution in [0.3, 0.4) is 0 Å². The summed E-state index contributed by atoms with van der Waals surface area (Å²) in [5, 5.41) is 26.2. The van der Waals surface area contributed by atoms with Crippen LogP contribution in [-0.2, 0) is 11.3 Å². The molecule has 182 valence electrons. The molecule has 0 amide bonds. The van der Waals surface area contributed by atoms with Crippen molar-refractivity contribution in [2.24, 2.45) is 0 Å². The number of aliphatic hydroxyl groups excluding tert-OH is 1. The number of fused-ring (bicyclic) bond motifs is 1. The minimum absolute atomic E-state index is 0.0576. The molecule has 1 aliphatic rings. The number of ether oxygens (including phenoxy) is 3. The van der Waals surface area contributed by atoms with Gasteiger partial charge in [-0.1, -0.05) is 31.4 Å². The van der Waals surface area contributed by atoms with E-state index in [1.165, 1.54) is 12.5 Å². The molecular formula is C26H32N2O6. The lowest BCUT2D eigenvalue weighted by molar-refractivity contribution is -0.0965. The van der Waals surface area contributed by atoms with Crippen LogP contribution in [0.4, 0.5) is 0 Å². The molecule has 8 nitrogen and oxygen atoms in total. The molecule has 3 aromatic rings. The molecule has 0 unspecified atom stereocenters. The zero-order valence-corrected chi connectivity index (χ0v) is 19.9. The molecule has 2 aromatic carbocycles. The number of carbonyl (C=O) groups is 1. The Morgan fingerprint density at radius 3 is 2.44 bits per heavy atom. The molecule has 0 spiro atoms. The zero-order chi connectivity index (χ0) is 24.2. The molecule has 34 heavy (non-hydrogen) atoms. The van der Waals surface area contributed by atoms with Crippen molar-refractivity contribution in [3.63, 3.8) is 0 Å². The number of aromatic carboxylic acids is 1. The quantitative estimate of drug-likeness (QED) is 0.476. The van der Waals surface area contributed by atoms with E-state index in [0.717, 1.165) is 36.6 Å². The third-order valence-corrected chi connectivity index (χ3v) is 6.57. The number of carboxylic acids is 1. The Morgan fingerprint density at radius 1 is 1.15 bits per heavy atom. The van der Waals surface area contributed by atoms with Crippen LogP contribution in [0.5, 0.6) is 11.5 Å². The maximum atomic E-state index is 11.6. The number of hydrogen-bond donors (Lipinski definition) is 2. The van der Waals surface area contributed by atoms with E-state index < -0.39 is 18.2 Å². The lowest BCUT2D eigenvalue weighted by atomic mass is 9.96. The van der Waals surface area contributed by atoms with Gasteiger partial charge in [0.1, 0.15) is 29.2 Å². The first-order valence-electron chi connectivity index (χ1n) is 11.7. The fourth-order valence-electron chi connectivity index (χ4n) is 4.70. The Hall–Kier alpha value is -3.10. The Kier molecular flexibility index (Phi) is 7.38. The van der Waals surface area contributed by atoms with Gasteiger partial charge < -0.3 is 24.4 Å². The highest BCUT2D eigenvalue weighted by Gasteiger charge is 2.29. The predicted molar refractivity (Wildman–Crippen MR) is 128 cm³/mol. The van der Waals surface area contributed by atoms with Gasteiger partial charge in [0.25, 0.3) is 0 Å². The lowest BCUT2D eigenvalue weighted by Crippen LogP contribution is -2.33. The second kappa shape index (κ2) is 10.4. The van der Waals surface area contributed by atoms with E-state index in [0.29, 0.717) is 22.6 Å². The van der Waals surface area contributed by atoms with Crippen molar-refractivity contribution in [3.8, 4) is 11.5 Å². The topological polar surface area (TPSA) is 103 Å². The molecule has 0 aliphatic heterocycles. The van der Waals surface area contributed by atoms with E-state index in [2.05, 4.69) is 5.10 Å². The van der Waals surface area contributed by atoms with E-state index in [9.17, 15) is 15.0 Å². The third kappa shape index (κ3) is 5.03. The van der Waals surface area contributed by atoms with Crippen LogP contribution in [-0.4, -0.2) is 52.4 Å². The van der Waals surface area contributed by atoms with Crippen molar-refractivity contribution < 1.29 is 29.2 Å². The number of benzene rings is 2. The largest absolute Gasteiger partial charge is 0.496 e. The average Bonchev–Trinajstić information content (AvgIpc) is 3.26. The highest BCUT2D eigenvalue weighted by molar-refractivity contribution is 6.01. The van der Waals surface area contributed by atoms with Crippen LogP contribution in [0, 0.1) is 6.92 Å². The number of hydrogen-bond acceptors (Lipinski definition) is 6.